The van der Waals surface area contributed by atoms with E-state index in [1.807, 2.05) is 0 Å². The summed E-state index contributed by atoms with van der Waals surface area (Å²) in [7, 11) is -3.67. The van der Waals surface area contributed by atoms with Gasteiger partial charge in [-0.1, -0.05) is 43.0 Å². The molecule has 1 aliphatic heterocycles. The summed E-state index contributed by atoms with van der Waals surface area (Å²) in [6, 6.07) is 6.47. The van der Waals surface area contributed by atoms with Crippen LogP contribution in [0.3, 0.4) is 0 Å². The van der Waals surface area contributed by atoms with Crippen LogP contribution in [-0.2, 0) is 14.8 Å². The van der Waals surface area contributed by atoms with Crippen LogP contribution in [0.15, 0.2) is 29.2 Å². The van der Waals surface area contributed by atoms with Gasteiger partial charge in [-0.25, -0.2) is 8.42 Å². The van der Waals surface area contributed by atoms with E-state index in [0.717, 1.165) is 6.42 Å². The molecule has 1 unspecified atom stereocenters. The van der Waals surface area contributed by atoms with E-state index in [1.165, 1.54) is 42.5 Å². The van der Waals surface area contributed by atoms with Crippen molar-refractivity contribution >= 4 is 27.5 Å². The summed E-state index contributed by atoms with van der Waals surface area (Å²) in [6.45, 7) is 1.37. The minimum Gasteiger partial charge on any atom is -0.356 e. The molecule has 1 aromatic rings. The molecule has 5 nitrogen and oxygen atoms in total. The van der Waals surface area contributed by atoms with Gasteiger partial charge in [-0.2, -0.15) is 4.31 Å². The molecule has 1 aliphatic carbocycles. The average molecular weight is 399 g/mol. The Balaban J connectivity index is 1.61. The van der Waals surface area contributed by atoms with E-state index in [2.05, 4.69) is 5.32 Å². The molecule has 1 N–H and O–H groups in total. The van der Waals surface area contributed by atoms with Crippen molar-refractivity contribution in [3.8, 4) is 0 Å². The predicted molar refractivity (Wildman–Crippen MR) is 103 cm³/mol. The van der Waals surface area contributed by atoms with Crippen molar-refractivity contribution in [2.75, 3.05) is 19.6 Å². The van der Waals surface area contributed by atoms with Crippen LogP contribution < -0.4 is 5.32 Å². The van der Waals surface area contributed by atoms with E-state index in [4.69, 9.17) is 11.6 Å². The van der Waals surface area contributed by atoms with Gasteiger partial charge in [0.25, 0.3) is 0 Å². The first kappa shape index (κ1) is 19.6. The molecule has 1 amide bonds. The van der Waals surface area contributed by atoms with Gasteiger partial charge in [0.05, 0.1) is 10.9 Å². The topological polar surface area (TPSA) is 66.5 Å². The van der Waals surface area contributed by atoms with Crippen LogP contribution in [0.1, 0.15) is 44.9 Å². The lowest BCUT2D eigenvalue weighted by atomic mass is 9.89. The molecule has 2 fully saturated rings. The van der Waals surface area contributed by atoms with Crippen LogP contribution in [0.2, 0.25) is 5.02 Å². The Kier molecular flexibility index (Phi) is 6.59. The third-order valence-corrected chi connectivity index (χ3v) is 7.86. The highest BCUT2D eigenvalue weighted by Crippen LogP contribution is 2.28. The summed E-state index contributed by atoms with van der Waals surface area (Å²) in [5, 5.41) is 3.28. The van der Waals surface area contributed by atoms with Gasteiger partial charge >= 0.3 is 0 Å². The summed E-state index contributed by atoms with van der Waals surface area (Å²) < 4.78 is 27.2. The smallest absolute Gasteiger partial charge is 0.244 e. The average Bonchev–Trinajstić information content (AvgIpc) is 2.67. The number of amides is 1. The first-order chi connectivity index (χ1) is 12.5. The first-order valence-electron chi connectivity index (χ1n) is 9.51. The Hall–Kier alpha value is -1.11. The SMILES string of the molecule is O=C(NCC1CCCCC1)C1CCCN(S(=O)(=O)c2ccccc2Cl)C1. The number of benzene rings is 1. The first-order valence-corrected chi connectivity index (χ1v) is 11.3. The largest absolute Gasteiger partial charge is 0.356 e. The molecule has 1 heterocycles. The van der Waals surface area contributed by atoms with Gasteiger partial charge in [-0.3, -0.25) is 4.79 Å². The summed E-state index contributed by atoms with van der Waals surface area (Å²) in [4.78, 5) is 12.7. The number of hydrogen-bond donors (Lipinski definition) is 1. The van der Waals surface area contributed by atoms with Gasteiger partial charge in [0.1, 0.15) is 4.90 Å². The highest BCUT2D eigenvalue weighted by Gasteiger charge is 2.34. The van der Waals surface area contributed by atoms with Gasteiger partial charge in [0, 0.05) is 19.6 Å². The van der Waals surface area contributed by atoms with Crippen LogP contribution in [-0.4, -0.2) is 38.3 Å². The minimum atomic E-state index is -3.67. The van der Waals surface area contributed by atoms with Crippen LogP contribution in [0, 0.1) is 11.8 Å². The Bertz CT molecular complexity index is 732. The molecule has 144 valence electrons. The van der Waals surface area contributed by atoms with E-state index in [9.17, 15) is 13.2 Å². The number of sulfonamides is 1. The molecule has 0 spiro atoms. The van der Waals surface area contributed by atoms with Gasteiger partial charge in [-0.15, -0.1) is 0 Å². The van der Waals surface area contributed by atoms with Gasteiger partial charge < -0.3 is 5.32 Å². The number of carbonyl (C=O) groups excluding carboxylic acids is 1. The highest BCUT2D eigenvalue weighted by atomic mass is 35.5. The quantitative estimate of drug-likeness (QED) is 0.826. The molecule has 1 saturated carbocycles. The van der Waals surface area contributed by atoms with Crippen LogP contribution in [0.25, 0.3) is 0 Å². The fourth-order valence-electron chi connectivity index (χ4n) is 3.95. The van der Waals surface area contributed by atoms with Crippen molar-refractivity contribution in [3.63, 3.8) is 0 Å². The van der Waals surface area contributed by atoms with Crippen molar-refractivity contribution in [3.05, 3.63) is 29.3 Å². The summed E-state index contributed by atoms with van der Waals surface area (Å²) in [5.74, 6) is 0.262. The van der Waals surface area contributed by atoms with Crippen molar-refractivity contribution < 1.29 is 13.2 Å². The molecule has 3 rings (SSSR count). The van der Waals surface area contributed by atoms with E-state index < -0.39 is 10.0 Å². The van der Waals surface area contributed by atoms with Crippen LogP contribution in [0.4, 0.5) is 0 Å². The molecule has 1 aromatic carbocycles. The van der Waals surface area contributed by atoms with E-state index >= 15 is 0 Å². The number of halogens is 1. The Labute approximate surface area is 161 Å². The maximum Gasteiger partial charge on any atom is 0.244 e. The third kappa shape index (κ3) is 4.59. The second-order valence-corrected chi connectivity index (χ2v) is 9.70. The molecule has 1 atom stereocenters. The molecule has 2 aliphatic rings. The number of piperidine rings is 1. The number of nitrogens with one attached hydrogen (secondary N) is 1. The minimum absolute atomic E-state index is 0.0189. The second-order valence-electron chi connectivity index (χ2n) is 7.38. The van der Waals surface area contributed by atoms with Crippen molar-refractivity contribution in [1.29, 1.82) is 0 Å². The van der Waals surface area contributed by atoms with E-state index in [1.54, 1.807) is 18.2 Å². The molecule has 0 radical (unpaired) electrons. The second kappa shape index (κ2) is 8.72. The number of nitrogens with zero attached hydrogens (tertiary/aromatic N) is 1. The molecule has 0 aromatic heterocycles. The lowest BCUT2D eigenvalue weighted by Crippen LogP contribution is -2.46. The van der Waals surface area contributed by atoms with Crippen molar-refractivity contribution in [2.45, 2.75) is 49.8 Å². The van der Waals surface area contributed by atoms with Crippen molar-refractivity contribution in [2.24, 2.45) is 11.8 Å². The fraction of sp³-hybridized carbons (Fsp3) is 0.632. The Morgan fingerprint density at radius 1 is 1.12 bits per heavy atom. The maximum absolute atomic E-state index is 12.9. The molecular formula is C19H27ClN2O3S. The highest BCUT2D eigenvalue weighted by molar-refractivity contribution is 7.89. The molecule has 7 heteroatoms. The third-order valence-electron chi connectivity index (χ3n) is 5.50. The zero-order chi connectivity index (χ0) is 18.6. The zero-order valence-corrected chi connectivity index (χ0v) is 16.6. The summed E-state index contributed by atoms with van der Waals surface area (Å²) >= 11 is 6.08. The van der Waals surface area contributed by atoms with E-state index in [0.29, 0.717) is 25.4 Å². The monoisotopic (exact) mass is 398 g/mol. The predicted octanol–water partition coefficient (Wildman–Crippen LogP) is 3.44. The molecule has 26 heavy (non-hydrogen) atoms. The van der Waals surface area contributed by atoms with Crippen LogP contribution >= 0.6 is 11.6 Å². The number of hydrogen-bond acceptors (Lipinski definition) is 3. The molecular weight excluding hydrogens is 372 g/mol. The lowest BCUT2D eigenvalue weighted by molar-refractivity contribution is -0.126. The Morgan fingerprint density at radius 3 is 2.58 bits per heavy atom. The van der Waals surface area contributed by atoms with Crippen molar-refractivity contribution in [1.82, 2.24) is 9.62 Å². The number of rotatable bonds is 5. The molecule has 1 saturated heterocycles. The Morgan fingerprint density at radius 2 is 1.85 bits per heavy atom. The van der Waals surface area contributed by atoms with Crippen LogP contribution in [0.5, 0.6) is 0 Å². The summed E-state index contributed by atoms with van der Waals surface area (Å²) in [5.41, 5.74) is 0. The molecule has 0 bridgehead atoms. The standard InChI is InChI=1S/C19H27ClN2O3S/c20-17-10-4-5-11-18(17)26(24,25)22-12-6-9-16(14-22)19(23)21-13-15-7-2-1-3-8-15/h4-5,10-11,15-16H,1-3,6-9,12-14H2,(H,21,23). The normalized spacial score (nSPS) is 22.9. The van der Waals surface area contributed by atoms with E-state index in [-0.39, 0.29) is 28.3 Å². The maximum atomic E-state index is 12.9. The van der Waals surface area contributed by atoms with Gasteiger partial charge in [-0.05, 0) is 43.7 Å². The van der Waals surface area contributed by atoms with Gasteiger partial charge in [0.2, 0.25) is 15.9 Å². The lowest BCUT2D eigenvalue weighted by Gasteiger charge is -2.32. The summed E-state index contributed by atoms with van der Waals surface area (Å²) in [6.07, 6.45) is 7.55. The zero-order valence-electron chi connectivity index (χ0n) is 15.0. The fourth-order valence-corrected chi connectivity index (χ4v) is 5.97. The number of carbonyl (C=O) groups is 1. The van der Waals surface area contributed by atoms with Gasteiger partial charge in [0.15, 0.2) is 0 Å².